The van der Waals surface area contributed by atoms with Gasteiger partial charge in [0, 0.05) is 25.0 Å². The molecular formula is C24H28N6O4S. The van der Waals surface area contributed by atoms with Crippen LogP contribution < -0.4 is 10.9 Å². The van der Waals surface area contributed by atoms with Gasteiger partial charge in [0.15, 0.2) is 5.82 Å². The van der Waals surface area contributed by atoms with Gasteiger partial charge in [-0.15, -0.1) is 0 Å². The predicted molar refractivity (Wildman–Crippen MR) is 131 cm³/mol. The minimum absolute atomic E-state index is 0.0920. The fourth-order valence-corrected chi connectivity index (χ4v) is 6.38. The number of anilines is 2. The van der Waals surface area contributed by atoms with Gasteiger partial charge in [-0.1, -0.05) is 0 Å². The molecule has 2 aromatic heterocycles. The highest BCUT2D eigenvalue weighted by Crippen LogP contribution is 2.43. The summed E-state index contributed by atoms with van der Waals surface area (Å²) >= 11 is 0. The van der Waals surface area contributed by atoms with Gasteiger partial charge in [-0.05, 0) is 62.9 Å². The van der Waals surface area contributed by atoms with E-state index in [1.54, 1.807) is 41.2 Å². The van der Waals surface area contributed by atoms with Gasteiger partial charge in [0.2, 0.25) is 10.0 Å². The third kappa shape index (κ3) is 4.57. The molecule has 3 atom stereocenters. The maximum atomic E-state index is 13.1. The predicted octanol–water partition coefficient (Wildman–Crippen LogP) is 3.13. The van der Waals surface area contributed by atoms with Crippen molar-refractivity contribution in [2.45, 2.75) is 56.3 Å². The van der Waals surface area contributed by atoms with Gasteiger partial charge < -0.3 is 15.0 Å². The summed E-state index contributed by atoms with van der Waals surface area (Å²) in [6.45, 7) is 4.34. The number of aromatic nitrogens is 3. The Morgan fingerprint density at radius 2 is 1.89 bits per heavy atom. The molecule has 1 saturated heterocycles. The zero-order chi connectivity index (χ0) is 24.7. The first-order chi connectivity index (χ1) is 16.8. The topological polar surface area (TPSA) is 133 Å². The molecule has 2 N–H and O–H groups in total. The summed E-state index contributed by atoms with van der Waals surface area (Å²) in [5.74, 6) is 0.747. The molecule has 1 aliphatic heterocycles. The lowest BCUT2D eigenvalue weighted by atomic mass is 10.1. The Kier molecular flexibility index (Phi) is 6.13. The number of nitriles is 1. The summed E-state index contributed by atoms with van der Waals surface area (Å²) in [5, 5.41) is 17.6. The Morgan fingerprint density at radius 1 is 1.20 bits per heavy atom. The van der Waals surface area contributed by atoms with E-state index >= 15 is 0 Å². The van der Waals surface area contributed by atoms with Crippen LogP contribution in [-0.2, 0) is 14.8 Å². The molecule has 1 saturated carbocycles. The van der Waals surface area contributed by atoms with Crippen LogP contribution in [0.15, 0.2) is 46.2 Å². The zero-order valence-electron chi connectivity index (χ0n) is 19.6. The summed E-state index contributed by atoms with van der Waals surface area (Å²) in [7, 11) is -3.65. The molecule has 3 heterocycles. The van der Waals surface area contributed by atoms with Crippen molar-refractivity contribution < 1.29 is 13.2 Å². The molecule has 0 amide bonds. The first kappa shape index (κ1) is 23.5. The van der Waals surface area contributed by atoms with Crippen molar-refractivity contribution in [3.63, 3.8) is 0 Å². The van der Waals surface area contributed by atoms with Crippen LogP contribution in [0.2, 0.25) is 0 Å². The molecule has 0 unspecified atom stereocenters. The van der Waals surface area contributed by atoms with E-state index in [2.05, 4.69) is 21.5 Å². The highest BCUT2D eigenvalue weighted by atomic mass is 32.2. The van der Waals surface area contributed by atoms with Crippen molar-refractivity contribution in [1.82, 2.24) is 19.1 Å². The lowest BCUT2D eigenvalue weighted by Gasteiger charge is -2.34. The summed E-state index contributed by atoms with van der Waals surface area (Å²) in [5.41, 5.74) is 0.987. The van der Waals surface area contributed by atoms with E-state index in [0.717, 1.165) is 12.8 Å². The summed E-state index contributed by atoms with van der Waals surface area (Å²) in [4.78, 5) is 15.6. The molecule has 3 aromatic rings. The van der Waals surface area contributed by atoms with Crippen LogP contribution in [0, 0.1) is 17.2 Å². The van der Waals surface area contributed by atoms with E-state index < -0.39 is 10.0 Å². The van der Waals surface area contributed by atoms with Crippen LogP contribution in [0.3, 0.4) is 0 Å². The van der Waals surface area contributed by atoms with Gasteiger partial charge in [-0.3, -0.25) is 9.48 Å². The largest absolute Gasteiger partial charge is 0.373 e. The van der Waals surface area contributed by atoms with Crippen molar-refractivity contribution in [3.05, 3.63) is 46.9 Å². The minimum atomic E-state index is -3.65. The van der Waals surface area contributed by atoms with Crippen molar-refractivity contribution in [2.75, 3.05) is 18.4 Å². The molecule has 2 fully saturated rings. The second kappa shape index (κ2) is 9.11. The number of rotatable bonds is 7. The molecule has 184 valence electrons. The van der Waals surface area contributed by atoms with Gasteiger partial charge in [0.05, 0.1) is 41.2 Å². The average Bonchev–Trinajstić information content (AvgIpc) is 3.59. The van der Waals surface area contributed by atoms with Crippen molar-refractivity contribution in [3.8, 4) is 6.07 Å². The third-order valence-corrected chi connectivity index (χ3v) is 8.40. The van der Waals surface area contributed by atoms with Crippen LogP contribution in [0.4, 0.5) is 11.5 Å². The van der Waals surface area contributed by atoms with E-state index in [1.165, 1.54) is 4.31 Å². The molecule has 0 spiro atoms. The Labute approximate surface area is 203 Å². The molecular weight excluding hydrogens is 468 g/mol. The number of pyridine rings is 1. The lowest BCUT2D eigenvalue weighted by molar-refractivity contribution is -0.0440. The van der Waals surface area contributed by atoms with Gasteiger partial charge in [-0.25, -0.2) is 8.42 Å². The van der Waals surface area contributed by atoms with Crippen LogP contribution in [0.1, 0.15) is 39.2 Å². The van der Waals surface area contributed by atoms with E-state index in [1.807, 2.05) is 13.8 Å². The van der Waals surface area contributed by atoms with Gasteiger partial charge >= 0.3 is 0 Å². The second-order valence-corrected chi connectivity index (χ2v) is 11.3. The normalized spacial score (nSPS) is 22.1. The van der Waals surface area contributed by atoms with Gasteiger partial charge in [-0.2, -0.15) is 14.7 Å². The Hall–Kier alpha value is -3.20. The van der Waals surface area contributed by atoms with Crippen LogP contribution >= 0.6 is 0 Å². The maximum Gasteiger partial charge on any atom is 0.261 e. The van der Waals surface area contributed by atoms with Crippen LogP contribution in [0.5, 0.6) is 0 Å². The monoisotopic (exact) mass is 496 g/mol. The fourth-order valence-electron chi connectivity index (χ4n) is 4.79. The SMILES string of the molecule is C[C@H]1CN(S(=O)(=O)c2ccc(Nc3nn([C@@H](CC#N)C4CC4)c4cc[nH]c(=O)c34)cc2)C[C@H](C)O1. The Balaban J connectivity index is 1.44. The second-order valence-electron chi connectivity index (χ2n) is 9.36. The first-order valence-corrected chi connectivity index (χ1v) is 13.2. The molecule has 35 heavy (non-hydrogen) atoms. The number of morpholine rings is 1. The van der Waals surface area contributed by atoms with Gasteiger partial charge in [0.1, 0.15) is 5.39 Å². The fraction of sp³-hybridized carbons (Fsp3) is 0.458. The minimum Gasteiger partial charge on any atom is -0.373 e. The molecule has 1 aromatic carbocycles. The third-order valence-electron chi connectivity index (χ3n) is 6.55. The molecule has 11 heteroatoms. The Bertz CT molecular complexity index is 1430. The van der Waals surface area contributed by atoms with Crippen molar-refractivity contribution in [1.29, 1.82) is 5.26 Å². The molecule has 10 nitrogen and oxygen atoms in total. The van der Waals surface area contributed by atoms with Crippen LogP contribution in [0.25, 0.3) is 10.9 Å². The molecule has 0 bridgehead atoms. The van der Waals surface area contributed by atoms with E-state index in [4.69, 9.17) is 4.74 Å². The molecule has 2 aliphatic rings. The maximum absolute atomic E-state index is 13.1. The highest BCUT2D eigenvalue weighted by Gasteiger charge is 2.35. The lowest BCUT2D eigenvalue weighted by Crippen LogP contribution is -2.48. The van der Waals surface area contributed by atoms with Crippen molar-refractivity contribution in [2.24, 2.45) is 5.92 Å². The van der Waals surface area contributed by atoms with E-state index in [0.29, 0.717) is 47.8 Å². The summed E-state index contributed by atoms with van der Waals surface area (Å²) in [6, 6.07) is 10.4. The number of nitrogens with one attached hydrogen (secondary N) is 2. The number of aromatic amines is 1. The molecule has 5 rings (SSSR count). The first-order valence-electron chi connectivity index (χ1n) is 11.8. The molecule has 0 radical (unpaired) electrons. The number of ether oxygens (including phenoxy) is 1. The standard InChI is InChI=1S/C24H28N6O4S/c1-15-13-29(14-16(2)34-15)35(32,33)19-7-5-18(6-8-19)27-23-22-21(10-12-26-24(22)31)30(28-23)20(9-11-25)17-3-4-17/h5-8,10,12,15-17,20H,3-4,9,13-14H2,1-2H3,(H,26,31)(H,27,28)/t15-,16-,20-/m0/s1. The quantitative estimate of drug-likeness (QED) is 0.513. The number of hydrogen-bond donors (Lipinski definition) is 2. The number of hydrogen-bond acceptors (Lipinski definition) is 7. The van der Waals surface area contributed by atoms with E-state index in [-0.39, 0.29) is 28.7 Å². The summed E-state index contributed by atoms with van der Waals surface area (Å²) in [6.07, 6.45) is 3.63. The Morgan fingerprint density at radius 3 is 2.51 bits per heavy atom. The smallest absolute Gasteiger partial charge is 0.261 e. The average molecular weight is 497 g/mol. The van der Waals surface area contributed by atoms with Gasteiger partial charge in [0.25, 0.3) is 5.56 Å². The number of benzene rings is 1. The molecule has 1 aliphatic carbocycles. The van der Waals surface area contributed by atoms with Crippen LogP contribution in [-0.4, -0.2) is 52.8 Å². The number of fused-ring (bicyclic) bond motifs is 1. The highest BCUT2D eigenvalue weighted by molar-refractivity contribution is 7.89. The van der Waals surface area contributed by atoms with E-state index in [9.17, 15) is 18.5 Å². The number of H-pyrrole nitrogens is 1. The zero-order valence-corrected chi connectivity index (χ0v) is 20.5. The van der Waals surface area contributed by atoms with Crippen molar-refractivity contribution >= 4 is 32.4 Å². The number of sulfonamides is 1. The number of nitrogens with zero attached hydrogens (tertiary/aromatic N) is 4. The summed E-state index contributed by atoms with van der Waals surface area (Å²) < 4.78 is 35.2.